The Hall–Kier alpha value is -0.790. The Morgan fingerprint density at radius 3 is 2.81 bits per heavy atom. The summed E-state index contributed by atoms with van der Waals surface area (Å²) in [6, 6.07) is 5.39. The third kappa shape index (κ3) is 3.66. The van der Waals surface area contributed by atoms with Crippen molar-refractivity contribution in [2.45, 2.75) is 19.4 Å². The highest BCUT2D eigenvalue weighted by molar-refractivity contribution is 9.11. The molecule has 4 heteroatoms. The summed E-state index contributed by atoms with van der Waals surface area (Å²) >= 11 is 6.68. The molecule has 0 bridgehead atoms. The Morgan fingerprint density at radius 1 is 1.56 bits per heavy atom. The molecular formula is C12H11Br2NO. The molecule has 0 aliphatic carbocycles. The van der Waals surface area contributed by atoms with E-state index in [2.05, 4.69) is 43.1 Å². The van der Waals surface area contributed by atoms with E-state index in [1.165, 1.54) is 0 Å². The van der Waals surface area contributed by atoms with Gasteiger partial charge in [-0.2, -0.15) is 0 Å². The summed E-state index contributed by atoms with van der Waals surface area (Å²) < 4.78 is 1.68. The van der Waals surface area contributed by atoms with Gasteiger partial charge in [0.1, 0.15) is 0 Å². The first-order valence-electron chi connectivity index (χ1n) is 4.74. The van der Waals surface area contributed by atoms with Crippen LogP contribution in [0, 0.1) is 12.3 Å². The molecule has 0 spiro atoms. The van der Waals surface area contributed by atoms with Crippen molar-refractivity contribution in [2.24, 2.45) is 0 Å². The standard InChI is InChI=1S/C12H11Br2NO/c1-3-4-8(2)15-12(16)10-6-5-9(13)7-11(10)14/h1,5-8H,4H2,2H3,(H,15,16). The van der Waals surface area contributed by atoms with E-state index in [4.69, 9.17) is 6.42 Å². The number of benzene rings is 1. The van der Waals surface area contributed by atoms with Crippen molar-refractivity contribution >= 4 is 37.8 Å². The van der Waals surface area contributed by atoms with Crippen LogP contribution in [0.2, 0.25) is 0 Å². The molecule has 0 aromatic heterocycles. The molecule has 1 atom stereocenters. The lowest BCUT2D eigenvalue weighted by molar-refractivity contribution is 0.0940. The molecule has 0 saturated heterocycles. The summed E-state index contributed by atoms with van der Waals surface area (Å²) in [6.07, 6.45) is 5.70. The summed E-state index contributed by atoms with van der Waals surface area (Å²) in [4.78, 5) is 11.8. The Balaban J connectivity index is 2.78. The summed E-state index contributed by atoms with van der Waals surface area (Å²) in [7, 11) is 0. The second kappa shape index (κ2) is 6.07. The van der Waals surface area contributed by atoms with Crippen LogP contribution in [0.15, 0.2) is 27.1 Å². The highest BCUT2D eigenvalue weighted by atomic mass is 79.9. The quantitative estimate of drug-likeness (QED) is 0.837. The topological polar surface area (TPSA) is 29.1 Å². The minimum Gasteiger partial charge on any atom is -0.349 e. The summed E-state index contributed by atoms with van der Waals surface area (Å²) in [5, 5.41) is 2.83. The molecule has 0 saturated carbocycles. The van der Waals surface area contributed by atoms with Crippen molar-refractivity contribution in [3.63, 3.8) is 0 Å². The molecule has 1 unspecified atom stereocenters. The molecule has 1 aromatic rings. The molecule has 84 valence electrons. The van der Waals surface area contributed by atoms with Gasteiger partial charge in [0.2, 0.25) is 0 Å². The second-order valence-corrected chi connectivity index (χ2v) is 5.18. The largest absolute Gasteiger partial charge is 0.349 e. The fourth-order valence-corrected chi connectivity index (χ4v) is 2.43. The van der Waals surface area contributed by atoms with E-state index in [0.717, 1.165) is 8.95 Å². The molecule has 0 heterocycles. The SMILES string of the molecule is C#CCC(C)NC(=O)c1ccc(Br)cc1Br. The number of carbonyl (C=O) groups is 1. The van der Waals surface area contributed by atoms with Gasteiger partial charge in [0.05, 0.1) is 5.56 Å². The van der Waals surface area contributed by atoms with E-state index in [-0.39, 0.29) is 11.9 Å². The number of halogens is 2. The zero-order chi connectivity index (χ0) is 12.1. The number of amides is 1. The van der Waals surface area contributed by atoms with Crippen LogP contribution in [0.3, 0.4) is 0 Å². The highest BCUT2D eigenvalue weighted by Crippen LogP contribution is 2.21. The van der Waals surface area contributed by atoms with Gasteiger partial charge in [-0.05, 0) is 41.1 Å². The van der Waals surface area contributed by atoms with E-state index >= 15 is 0 Å². The maximum absolute atomic E-state index is 11.8. The predicted molar refractivity (Wildman–Crippen MR) is 72.2 cm³/mol. The lowest BCUT2D eigenvalue weighted by Gasteiger charge is -2.11. The first-order valence-corrected chi connectivity index (χ1v) is 6.32. The maximum atomic E-state index is 11.8. The van der Waals surface area contributed by atoms with Crippen LogP contribution in [0.25, 0.3) is 0 Å². The van der Waals surface area contributed by atoms with E-state index in [1.807, 2.05) is 19.1 Å². The van der Waals surface area contributed by atoms with Gasteiger partial charge >= 0.3 is 0 Å². The fraction of sp³-hybridized carbons (Fsp3) is 0.250. The first-order chi connectivity index (χ1) is 7.54. The zero-order valence-corrected chi connectivity index (χ0v) is 11.9. The van der Waals surface area contributed by atoms with Crippen molar-refractivity contribution in [1.82, 2.24) is 5.32 Å². The number of nitrogens with one attached hydrogen (secondary N) is 1. The van der Waals surface area contributed by atoms with Crippen molar-refractivity contribution in [3.8, 4) is 12.3 Å². The third-order valence-electron chi connectivity index (χ3n) is 1.98. The number of terminal acetylenes is 1. The first kappa shape index (κ1) is 13.3. The summed E-state index contributed by atoms with van der Waals surface area (Å²) in [5.41, 5.74) is 0.604. The lowest BCUT2D eigenvalue weighted by atomic mass is 10.2. The molecule has 1 amide bonds. The van der Waals surface area contributed by atoms with Gasteiger partial charge in [-0.15, -0.1) is 12.3 Å². The van der Waals surface area contributed by atoms with Crippen LogP contribution in [-0.2, 0) is 0 Å². The molecule has 0 aliphatic heterocycles. The van der Waals surface area contributed by atoms with Gasteiger partial charge < -0.3 is 5.32 Å². The molecular weight excluding hydrogens is 334 g/mol. The maximum Gasteiger partial charge on any atom is 0.252 e. The van der Waals surface area contributed by atoms with E-state index < -0.39 is 0 Å². The van der Waals surface area contributed by atoms with Crippen molar-refractivity contribution < 1.29 is 4.79 Å². The van der Waals surface area contributed by atoms with E-state index in [1.54, 1.807) is 6.07 Å². The number of carbonyl (C=O) groups excluding carboxylic acids is 1. The number of hydrogen-bond acceptors (Lipinski definition) is 1. The molecule has 0 radical (unpaired) electrons. The van der Waals surface area contributed by atoms with Crippen molar-refractivity contribution in [2.75, 3.05) is 0 Å². The minimum atomic E-state index is -0.123. The molecule has 2 nitrogen and oxygen atoms in total. The minimum absolute atomic E-state index is 0.0203. The van der Waals surface area contributed by atoms with Crippen molar-refractivity contribution in [1.29, 1.82) is 0 Å². The third-order valence-corrected chi connectivity index (χ3v) is 3.13. The van der Waals surface area contributed by atoms with Gasteiger partial charge in [-0.1, -0.05) is 15.9 Å². The smallest absolute Gasteiger partial charge is 0.252 e. The van der Waals surface area contributed by atoms with E-state index in [9.17, 15) is 4.79 Å². The average Bonchev–Trinajstić information content (AvgIpc) is 2.17. The molecule has 1 aromatic carbocycles. The van der Waals surface area contributed by atoms with Crippen LogP contribution >= 0.6 is 31.9 Å². The zero-order valence-electron chi connectivity index (χ0n) is 8.76. The van der Waals surface area contributed by atoms with Crippen LogP contribution < -0.4 is 5.32 Å². The van der Waals surface area contributed by atoms with Crippen LogP contribution in [-0.4, -0.2) is 11.9 Å². The summed E-state index contributed by atoms with van der Waals surface area (Å²) in [6.45, 7) is 1.88. The van der Waals surface area contributed by atoms with Crippen LogP contribution in [0.4, 0.5) is 0 Å². The van der Waals surface area contributed by atoms with Crippen molar-refractivity contribution in [3.05, 3.63) is 32.7 Å². The highest BCUT2D eigenvalue weighted by Gasteiger charge is 2.12. The van der Waals surface area contributed by atoms with Crippen LogP contribution in [0.1, 0.15) is 23.7 Å². The van der Waals surface area contributed by atoms with Gasteiger partial charge in [0.25, 0.3) is 5.91 Å². The average molecular weight is 345 g/mol. The normalized spacial score (nSPS) is 11.6. The second-order valence-electron chi connectivity index (χ2n) is 3.41. The Bertz CT molecular complexity index is 437. The molecule has 0 aliphatic rings. The molecule has 1 N–H and O–H groups in total. The Morgan fingerprint density at radius 2 is 2.25 bits per heavy atom. The Kier molecular flexibility index (Phi) is 5.04. The monoisotopic (exact) mass is 343 g/mol. The van der Waals surface area contributed by atoms with E-state index in [0.29, 0.717) is 12.0 Å². The Labute approximate surface area is 112 Å². The lowest BCUT2D eigenvalue weighted by Crippen LogP contribution is -2.32. The number of hydrogen-bond donors (Lipinski definition) is 1. The molecule has 0 fully saturated rings. The van der Waals surface area contributed by atoms with Gasteiger partial charge in [0, 0.05) is 21.4 Å². The van der Waals surface area contributed by atoms with Gasteiger partial charge in [-0.3, -0.25) is 4.79 Å². The van der Waals surface area contributed by atoms with Gasteiger partial charge in [0.15, 0.2) is 0 Å². The summed E-state index contributed by atoms with van der Waals surface area (Å²) in [5.74, 6) is 2.39. The van der Waals surface area contributed by atoms with Gasteiger partial charge in [-0.25, -0.2) is 0 Å². The molecule has 16 heavy (non-hydrogen) atoms. The van der Waals surface area contributed by atoms with Crippen LogP contribution in [0.5, 0.6) is 0 Å². The predicted octanol–water partition coefficient (Wildman–Crippen LogP) is 3.35. The fourth-order valence-electron chi connectivity index (χ4n) is 1.20. The number of rotatable bonds is 3. The molecule has 1 rings (SSSR count).